The first-order chi connectivity index (χ1) is 7.74. The van der Waals surface area contributed by atoms with Gasteiger partial charge in [-0.2, -0.15) is 0 Å². The SMILES string of the molecule is COC(=O)c1cc(Cl)cc(N)c1O[Si](C)(C)C. The average Bonchev–Trinajstić information content (AvgIpc) is 2.19. The van der Waals surface area contributed by atoms with E-state index in [1.165, 1.54) is 13.2 Å². The van der Waals surface area contributed by atoms with Crippen LogP contribution in [-0.2, 0) is 4.74 Å². The molecule has 0 atom stereocenters. The van der Waals surface area contributed by atoms with Crippen molar-refractivity contribution in [1.29, 1.82) is 0 Å². The van der Waals surface area contributed by atoms with Crippen LogP contribution in [0.5, 0.6) is 5.75 Å². The van der Waals surface area contributed by atoms with Crippen LogP contribution in [0.1, 0.15) is 10.4 Å². The van der Waals surface area contributed by atoms with E-state index in [0.29, 0.717) is 16.5 Å². The van der Waals surface area contributed by atoms with Crippen LogP contribution in [0.2, 0.25) is 24.7 Å². The third-order valence-corrected chi connectivity index (χ3v) is 2.93. The van der Waals surface area contributed by atoms with E-state index in [9.17, 15) is 4.79 Å². The summed E-state index contributed by atoms with van der Waals surface area (Å²) in [5, 5.41) is 0.380. The molecule has 0 aliphatic heterocycles. The highest BCUT2D eigenvalue weighted by Crippen LogP contribution is 2.32. The Kier molecular flexibility index (Phi) is 4.06. The summed E-state index contributed by atoms with van der Waals surface area (Å²) >= 11 is 5.86. The molecular formula is C11H16ClNO3Si. The van der Waals surface area contributed by atoms with E-state index in [2.05, 4.69) is 4.74 Å². The summed E-state index contributed by atoms with van der Waals surface area (Å²) in [5.74, 6) is -0.145. The second-order valence-corrected chi connectivity index (χ2v) is 9.44. The average molecular weight is 274 g/mol. The second-order valence-electron chi connectivity index (χ2n) is 4.58. The Hall–Kier alpha value is -1.20. The maximum atomic E-state index is 11.6. The van der Waals surface area contributed by atoms with Gasteiger partial charge in [0.25, 0.3) is 0 Å². The zero-order valence-electron chi connectivity index (χ0n) is 10.3. The third-order valence-electron chi connectivity index (χ3n) is 1.90. The number of methoxy groups -OCH3 is 1. The summed E-state index contributed by atoms with van der Waals surface area (Å²) in [4.78, 5) is 11.6. The van der Waals surface area contributed by atoms with Gasteiger partial charge in [-0.3, -0.25) is 0 Å². The summed E-state index contributed by atoms with van der Waals surface area (Å²) in [6, 6.07) is 3.06. The number of hydrogen-bond acceptors (Lipinski definition) is 4. The molecule has 0 radical (unpaired) electrons. The van der Waals surface area contributed by atoms with Gasteiger partial charge in [0.15, 0.2) is 0 Å². The molecular weight excluding hydrogens is 258 g/mol. The van der Waals surface area contributed by atoms with Crippen LogP contribution in [0.4, 0.5) is 5.69 Å². The molecule has 0 bridgehead atoms. The molecule has 0 heterocycles. The zero-order valence-corrected chi connectivity index (χ0v) is 12.1. The first-order valence-electron chi connectivity index (χ1n) is 5.11. The van der Waals surface area contributed by atoms with Crippen LogP contribution >= 0.6 is 11.6 Å². The van der Waals surface area contributed by atoms with Crippen LogP contribution in [0.25, 0.3) is 0 Å². The van der Waals surface area contributed by atoms with Crippen LogP contribution < -0.4 is 10.2 Å². The van der Waals surface area contributed by atoms with Crippen LogP contribution in [0.15, 0.2) is 12.1 Å². The lowest BCUT2D eigenvalue weighted by molar-refractivity contribution is 0.0598. The molecule has 1 rings (SSSR count). The summed E-state index contributed by atoms with van der Waals surface area (Å²) in [7, 11) is -0.564. The smallest absolute Gasteiger partial charge is 0.341 e. The fourth-order valence-corrected chi connectivity index (χ4v) is 2.36. The molecule has 4 nitrogen and oxygen atoms in total. The summed E-state index contributed by atoms with van der Waals surface area (Å²) in [6.07, 6.45) is 0. The van der Waals surface area contributed by atoms with Crippen molar-refractivity contribution in [2.24, 2.45) is 0 Å². The zero-order chi connectivity index (χ0) is 13.2. The minimum atomic E-state index is -1.87. The van der Waals surface area contributed by atoms with Crippen molar-refractivity contribution in [1.82, 2.24) is 0 Å². The fourth-order valence-electron chi connectivity index (χ4n) is 1.30. The largest absolute Gasteiger partial charge is 0.542 e. The molecule has 0 spiro atoms. The Bertz CT molecular complexity index is 443. The van der Waals surface area contributed by atoms with Gasteiger partial charge in [-0.25, -0.2) is 4.79 Å². The Morgan fingerprint density at radius 1 is 1.35 bits per heavy atom. The molecule has 0 aliphatic rings. The van der Waals surface area contributed by atoms with Gasteiger partial charge in [0.2, 0.25) is 8.32 Å². The molecule has 6 heteroatoms. The predicted molar refractivity (Wildman–Crippen MR) is 71.2 cm³/mol. The van der Waals surface area contributed by atoms with Crippen LogP contribution in [0.3, 0.4) is 0 Å². The number of benzene rings is 1. The molecule has 0 aromatic heterocycles. The first-order valence-corrected chi connectivity index (χ1v) is 8.89. The number of esters is 1. The standard InChI is InChI=1S/C11H16ClNO3Si/c1-15-11(14)8-5-7(12)6-9(13)10(8)16-17(2,3)4/h5-6H,13H2,1-4H3. The van der Waals surface area contributed by atoms with Gasteiger partial charge in [0, 0.05) is 5.02 Å². The van der Waals surface area contributed by atoms with E-state index in [-0.39, 0.29) is 5.56 Å². The van der Waals surface area contributed by atoms with Crippen molar-refractivity contribution < 1.29 is 14.0 Å². The van der Waals surface area contributed by atoms with Crippen molar-refractivity contribution in [3.63, 3.8) is 0 Å². The molecule has 0 saturated heterocycles. The molecule has 0 saturated carbocycles. The fraction of sp³-hybridized carbons (Fsp3) is 0.364. The van der Waals surface area contributed by atoms with Crippen LogP contribution in [0, 0.1) is 0 Å². The normalized spacial score (nSPS) is 11.1. The monoisotopic (exact) mass is 273 g/mol. The van der Waals surface area contributed by atoms with Gasteiger partial charge in [0.05, 0.1) is 12.8 Å². The van der Waals surface area contributed by atoms with E-state index < -0.39 is 14.3 Å². The molecule has 0 fully saturated rings. The molecule has 0 amide bonds. The molecule has 2 N–H and O–H groups in total. The van der Waals surface area contributed by atoms with Gasteiger partial charge in [-0.1, -0.05) is 11.6 Å². The molecule has 94 valence electrons. The highest BCUT2D eigenvalue weighted by atomic mass is 35.5. The number of carbonyl (C=O) groups is 1. The van der Waals surface area contributed by atoms with Crippen molar-refractivity contribution in [2.45, 2.75) is 19.6 Å². The molecule has 1 aromatic carbocycles. The first kappa shape index (κ1) is 13.9. The number of anilines is 1. The van der Waals surface area contributed by atoms with Gasteiger partial charge < -0.3 is 14.9 Å². The second kappa shape index (κ2) is 4.97. The van der Waals surface area contributed by atoms with E-state index in [1.54, 1.807) is 6.07 Å². The van der Waals surface area contributed by atoms with Crippen molar-refractivity contribution in [3.8, 4) is 5.75 Å². The summed E-state index contributed by atoms with van der Waals surface area (Å²) < 4.78 is 10.5. The van der Waals surface area contributed by atoms with E-state index >= 15 is 0 Å². The molecule has 17 heavy (non-hydrogen) atoms. The molecule has 0 unspecified atom stereocenters. The maximum Gasteiger partial charge on any atom is 0.341 e. The Labute approximate surface area is 107 Å². The number of halogens is 1. The maximum absolute atomic E-state index is 11.6. The summed E-state index contributed by atoms with van der Waals surface area (Å²) in [5.41, 5.74) is 6.44. The van der Waals surface area contributed by atoms with E-state index in [4.69, 9.17) is 21.8 Å². The number of nitrogens with two attached hydrogens (primary N) is 1. The van der Waals surface area contributed by atoms with Crippen LogP contribution in [-0.4, -0.2) is 21.4 Å². The molecule has 1 aromatic rings. The molecule has 0 aliphatic carbocycles. The summed E-state index contributed by atoms with van der Waals surface area (Å²) in [6.45, 7) is 6.01. The minimum Gasteiger partial charge on any atom is -0.542 e. The van der Waals surface area contributed by atoms with Crippen molar-refractivity contribution >= 4 is 31.6 Å². The Morgan fingerprint density at radius 3 is 2.41 bits per heavy atom. The lowest BCUT2D eigenvalue weighted by Crippen LogP contribution is -2.30. The van der Waals surface area contributed by atoms with Crippen molar-refractivity contribution in [3.05, 3.63) is 22.7 Å². The highest BCUT2D eigenvalue weighted by Gasteiger charge is 2.23. The Morgan fingerprint density at radius 2 is 1.94 bits per heavy atom. The lowest BCUT2D eigenvalue weighted by Gasteiger charge is -2.22. The Balaban J connectivity index is 3.30. The quantitative estimate of drug-likeness (QED) is 0.523. The predicted octanol–water partition coefficient (Wildman–Crippen LogP) is 2.92. The number of carbonyl (C=O) groups excluding carboxylic acids is 1. The van der Waals surface area contributed by atoms with Gasteiger partial charge in [-0.05, 0) is 31.8 Å². The number of ether oxygens (including phenoxy) is 1. The number of rotatable bonds is 3. The number of hydrogen-bond donors (Lipinski definition) is 1. The van der Waals surface area contributed by atoms with Gasteiger partial charge in [0.1, 0.15) is 11.3 Å². The minimum absolute atomic E-state index is 0.264. The lowest BCUT2D eigenvalue weighted by atomic mass is 10.2. The van der Waals surface area contributed by atoms with Gasteiger partial charge >= 0.3 is 5.97 Å². The van der Waals surface area contributed by atoms with E-state index in [1.807, 2.05) is 19.6 Å². The highest BCUT2D eigenvalue weighted by molar-refractivity contribution is 6.70. The number of nitrogen functional groups attached to an aromatic ring is 1. The topological polar surface area (TPSA) is 61.5 Å². The van der Waals surface area contributed by atoms with E-state index in [0.717, 1.165) is 0 Å². The third kappa shape index (κ3) is 3.64. The van der Waals surface area contributed by atoms with Gasteiger partial charge in [-0.15, -0.1) is 0 Å². The van der Waals surface area contributed by atoms with Crippen molar-refractivity contribution in [2.75, 3.05) is 12.8 Å².